The van der Waals surface area contributed by atoms with Crippen LogP contribution < -0.4 is 10.2 Å². The zero-order valence-electron chi connectivity index (χ0n) is 15.8. The van der Waals surface area contributed by atoms with Gasteiger partial charge < -0.3 is 19.9 Å². The first-order chi connectivity index (χ1) is 12.6. The Morgan fingerprint density at radius 3 is 2.77 bits per heavy atom. The van der Waals surface area contributed by atoms with Gasteiger partial charge in [0.1, 0.15) is 0 Å². The number of esters is 1. The number of methoxy groups -OCH3 is 1. The molecule has 2 unspecified atom stereocenters. The zero-order chi connectivity index (χ0) is 18.5. The molecule has 2 heterocycles. The first kappa shape index (κ1) is 18.3. The van der Waals surface area contributed by atoms with Gasteiger partial charge in [-0.15, -0.1) is 0 Å². The molecular formula is C20H28N4O2. The number of hydrogen-bond donors (Lipinski definition) is 1. The molecule has 3 rings (SSSR count). The molecule has 6 heteroatoms. The van der Waals surface area contributed by atoms with E-state index in [4.69, 9.17) is 4.74 Å². The number of anilines is 1. The van der Waals surface area contributed by atoms with Gasteiger partial charge in [-0.2, -0.15) is 0 Å². The predicted molar refractivity (Wildman–Crippen MR) is 104 cm³/mol. The summed E-state index contributed by atoms with van der Waals surface area (Å²) in [6.45, 7) is 6.18. The van der Waals surface area contributed by atoms with Crippen molar-refractivity contribution in [1.29, 1.82) is 0 Å². The lowest BCUT2D eigenvalue weighted by Gasteiger charge is -2.22. The van der Waals surface area contributed by atoms with Crippen molar-refractivity contribution in [1.82, 2.24) is 10.2 Å². The number of guanidine groups is 1. The van der Waals surface area contributed by atoms with Crippen molar-refractivity contribution in [3.05, 3.63) is 42.0 Å². The standard InChI is InChI=1S/C20H28N4O2/c1-15-13-24(14-18(15)19(25)26-3)20(21-2)22-12-16-7-6-8-17(11-16)23-9-4-5-10-23/h4-8,11,15,18H,9-10,12-14H2,1-3H3,(H,21,22). The maximum atomic E-state index is 11.9. The third-order valence-electron chi connectivity index (χ3n) is 5.17. The van der Waals surface area contributed by atoms with Gasteiger partial charge in [-0.05, 0) is 23.6 Å². The normalized spacial score (nSPS) is 22.8. The zero-order valence-corrected chi connectivity index (χ0v) is 15.8. The molecule has 26 heavy (non-hydrogen) atoms. The molecule has 2 atom stereocenters. The van der Waals surface area contributed by atoms with Crippen molar-refractivity contribution in [3.8, 4) is 0 Å². The van der Waals surface area contributed by atoms with Crippen molar-refractivity contribution in [2.24, 2.45) is 16.8 Å². The van der Waals surface area contributed by atoms with E-state index in [2.05, 4.69) is 63.5 Å². The smallest absolute Gasteiger partial charge is 0.310 e. The van der Waals surface area contributed by atoms with Crippen LogP contribution >= 0.6 is 0 Å². The van der Waals surface area contributed by atoms with Crippen molar-refractivity contribution in [2.75, 3.05) is 45.2 Å². The topological polar surface area (TPSA) is 57.2 Å². The van der Waals surface area contributed by atoms with Gasteiger partial charge in [0.05, 0.1) is 13.0 Å². The molecular weight excluding hydrogens is 328 g/mol. The Hall–Kier alpha value is -2.50. The minimum absolute atomic E-state index is 0.0930. The number of aliphatic imine (C=N–C) groups is 1. The monoisotopic (exact) mass is 356 g/mol. The summed E-state index contributed by atoms with van der Waals surface area (Å²) in [6.07, 6.45) is 4.39. The van der Waals surface area contributed by atoms with E-state index in [1.54, 1.807) is 7.05 Å². The van der Waals surface area contributed by atoms with E-state index < -0.39 is 0 Å². The second kappa shape index (κ2) is 8.25. The summed E-state index contributed by atoms with van der Waals surface area (Å²) in [6, 6.07) is 8.58. The van der Waals surface area contributed by atoms with Gasteiger partial charge in [0.2, 0.25) is 0 Å². The highest BCUT2D eigenvalue weighted by Gasteiger charge is 2.36. The third-order valence-corrected chi connectivity index (χ3v) is 5.17. The van der Waals surface area contributed by atoms with E-state index in [0.29, 0.717) is 13.1 Å². The Balaban J connectivity index is 1.60. The van der Waals surface area contributed by atoms with Crippen LogP contribution in [0.5, 0.6) is 0 Å². The van der Waals surface area contributed by atoms with Gasteiger partial charge in [0, 0.05) is 45.5 Å². The van der Waals surface area contributed by atoms with Gasteiger partial charge in [-0.3, -0.25) is 9.79 Å². The fourth-order valence-electron chi connectivity index (χ4n) is 3.66. The second-order valence-corrected chi connectivity index (χ2v) is 6.96. The van der Waals surface area contributed by atoms with E-state index >= 15 is 0 Å². The summed E-state index contributed by atoms with van der Waals surface area (Å²) >= 11 is 0. The summed E-state index contributed by atoms with van der Waals surface area (Å²) in [5, 5.41) is 3.43. The maximum absolute atomic E-state index is 11.9. The van der Waals surface area contributed by atoms with Crippen LogP contribution in [0.4, 0.5) is 5.69 Å². The fourth-order valence-corrected chi connectivity index (χ4v) is 3.66. The Kier molecular flexibility index (Phi) is 5.81. The number of ether oxygens (including phenoxy) is 1. The number of carbonyl (C=O) groups is 1. The quantitative estimate of drug-likeness (QED) is 0.386. The number of nitrogens with one attached hydrogen (secondary N) is 1. The molecule has 0 spiro atoms. The molecule has 2 aliphatic heterocycles. The van der Waals surface area contributed by atoms with E-state index in [0.717, 1.165) is 25.6 Å². The molecule has 6 nitrogen and oxygen atoms in total. The molecule has 2 aliphatic rings. The SMILES string of the molecule is CN=C(NCc1cccc(N2CC=CC2)c1)N1CC(C)C(C(=O)OC)C1. The molecule has 1 aromatic carbocycles. The Bertz CT molecular complexity index is 693. The molecule has 1 N–H and O–H groups in total. The fraction of sp³-hybridized carbons (Fsp3) is 0.500. The van der Waals surface area contributed by atoms with Crippen LogP contribution in [0.1, 0.15) is 12.5 Å². The highest BCUT2D eigenvalue weighted by molar-refractivity contribution is 5.82. The van der Waals surface area contributed by atoms with Crippen LogP contribution in [-0.4, -0.2) is 57.2 Å². The largest absolute Gasteiger partial charge is 0.469 e. The number of likely N-dealkylation sites (tertiary alicyclic amines) is 1. The van der Waals surface area contributed by atoms with E-state index in [-0.39, 0.29) is 17.8 Å². The first-order valence-electron chi connectivity index (χ1n) is 9.14. The summed E-state index contributed by atoms with van der Waals surface area (Å²) in [5.74, 6) is 0.857. The maximum Gasteiger partial charge on any atom is 0.310 e. The predicted octanol–water partition coefficient (Wildman–Crippen LogP) is 1.88. The van der Waals surface area contributed by atoms with Crippen molar-refractivity contribution >= 4 is 17.6 Å². The van der Waals surface area contributed by atoms with Crippen LogP contribution in [0.25, 0.3) is 0 Å². The van der Waals surface area contributed by atoms with Gasteiger partial charge >= 0.3 is 5.97 Å². The van der Waals surface area contributed by atoms with Crippen LogP contribution in [0.3, 0.4) is 0 Å². The number of benzene rings is 1. The molecule has 0 radical (unpaired) electrons. The molecule has 140 valence electrons. The molecule has 1 aromatic rings. The lowest BCUT2D eigenvalue weighted by molar-refractivity contribution is -0.145. The number of carbonyl (C=O) groups excluding carboxylic acids is 1. The first-order valence-corrected chi connectivity index (χ1v) is 9.14. The van der Waals surface area contributed by atoms with Gasteiger partial charge in [0.25, 0.3) is 0 Å². The van der Waals surface area contributed by atoms with Crippen molar-refractivity contribution in [3.63, 3.8) is 0 Å². The van der Waals surface area contributed by atoms with Crippen molar-refractivity contribution in [2.45, 2.75) is 13.5 Å². The Morgan fingerprint density at radius 1 is 1.31 bits per heavy atom. The minimum atomic E-state index is -0.137. The molecule has 0 bridgehead atoms. The molecule has 0 aromatic heterocycles. The number of nitrogens with zero attached hydrogens (tertiary/aromatic N) is 3. The van der Waals surface area contributed by atoms with E-state index in [1.807, 2.05) is 0 Å². The molecule has 1 fully saturated rings. The van der Waals surface area contributed by atoms with E-state index in [9.17, 15) is 4.79 Å². The molecule has 0 amide bonds. The van der Waals surface area contributed by atoms with Gasteiger partial charge in [-0.25, -0.2) is 0 Å². The minimum Gasteiger partial charge on any atom is -0.469 e. The second-order valence-electron chi connectivity index (χ2n) is 6.96. The Morgan fingerprint density at radius 2 is 2.08 bits per heavy atom. The highest BCUT2D eigenvalue weighted by Crippen LogP contribution is 2.24. The average Bonchev–Trinajstić information content (AvgIpc) is 3.32. The third kappa shape index (κ3) is 4.00. The van der Waals surface area contributed by atoms with E-state index in [1.165, 1.54) is 18.4 Å². The lowest BCUT2D eigenvalue weighted by atomic mass is 9.99. The van der Waals surface area contributed by atoms with Gasteiger partial charge in [-0.1, -0.05) is 31.2 Å². The molecule has 1 saturated heterocycles. The molecule has 0 saturated carbocycles. The summed E-state index contributed by atoms with van der Waals surface area (Å²) in [7, 11) is 3.23. The summed E-state index contributed by atoms with van der Waals surface area (Å²) in [4.78, 5) is 20.8. The van der Waals surface area contributed by atoms with Crippen LogP contribution in [0.15, 0.2) is 41.4 Å². The number of hydrogen-bond acceptors (Lipinski definition) is 4. The molecule has 0 aliphatic carbocycles. The van der Waals surface area contributed by atoms with Crippen molar-refractivity contribution < 1.29 is 9.53 Å². The summed E-state index contributed by atoms with van der Waals surface area (Å²) < 4.78 is 4.92. The summed E-state index contributed by atoms with van der Waals surface area (Å²) in [5.41, 5.74) is 2.46. The lowest BCUT2D eigenvalue weighted by Crippen LogP contribution is -2.40. The van der Waals surface area contributed by atoms with Gasteiger partial charge in [0.15, 0.2) is 5.96 Å². The highest BCUT2D eigenvalue weighted by atomic mass is 16.5. The van der Waals surface area contributed by atoms with Crippen LogP contribution in [-0.2, 0) is 16.1 Å². The average molecular weight is 356 g/mol. The van der Waals surface area contributed by atoms with Crippen LogP contribution in [0, 0.1) is 11.8 Å². The number of rotatable bonds is 4. The van der Waals surface area contributed by atoms with Crippen LogP contribution in [0.2, 0.25) is 0 Å². The Labute approximate surface area is 155 Å².